The summed E-state index contributed by atoms with van der Waals surface area (Å²) in [7, 11) is 0. The first-order chi connectivity index (χ1) is 12.3. The van der Waals surface area contributed by atoms with E-state index in [4.69, 9.17) is 5.73 Å². The summed E-state index contributed by atoms with van der Waals surface area (Å²) in [4.78, 5) is 12.3. The zero-order valence-electron chi connectivity index (χ0n) is 13.7. The van der Waals surface area contributed by atoms with Gasteiger partial charge in [-0.05, 0) is 17.7 Å². The van der Waals surface area contributed by atoms with Crippen molar-refractivity contribution in [2.75, 3.05) is 31.1 Å². The lowest BCUT2D eigenvalue weighted by Gasteiger charge is -2.35. The molecule has 10 heteroatoms. The number of hydrogen-bond acceptors (Lipinski definition) is 4. The molecule has 140 valence electrons. The summed E-state index contributed by atoms with van der Waals surface area (Å²) in [6.07, 6.45) is -2.90. The lowest BCUT2D eigenvalue weighted by Crippen LogP contribution is -2.51. The van der Waals surface area contributed by atoms with E-state index in [0.29, 0.717) is 32.2 Å². The van der Waals surface area contributed by atoms with Crippen LogP contribution in [-0.2, 0) is 12.7 Å². The molecule has 1 aliphatic heterocycles. The Bertz CT molecular complexity index is 767. The van der Waals surface area contributed by atoms with E-state index in [-0.39, 0.29) is 18.1 Å². The molecule has 0 spiro atoms. The Kier molecular flexibility index (Phi) is 5.30. The number of guanidine groups is 1. The molecule has 1 fully saturated rings. The zero-order chi connectivity index (χ0) is 18.7. The van der Waals surface area contributed by atoms with Crippen LogP contribution in [0.25, 0.3) is 0 Å². The zero-order valence-corrected chi connectivity index (χ0v) is 14.5. The molecule has 26 heavy (non-hydrogen) atoms. The monoisotopic (exact) mass is 387 g/mol. The Morgan fingerprint density at radius 3 is 2.58 bits per heavy atom. The third-order valence-corrected chi connectivity index (χ3v) is 4.91. The van der Waals surface area contributed by atoms with Crippen molar-refractivity contribution in [1.82, 2.24) is 9.88 Å². The first-order valence-electron chi connectivity index (χ1n) is 7.89. The van der Waals surface area contributed by atoms with Crippen LogP contribution < -0.4 is 10.6 Å². The minimum atomic E-state index is -4.64. The molecule has 0 aliphatic carbocycles. The molecular formula is C16H17F4N5S. The van der Waals surface area contributed by atoms with Gasteiger partial charge in [0.15, 0.2) is 11.1 Å². The predicted octanol–water partition coefficient (Wildman–Crippen LogP) is 2.94. The molecular weight excluding hydrogens is 370 g/mol. The summed E-state index contributed by atoms with van der Waals surface area (Å²) in [5.41, 5.74) is 4.81. The van der Waals surface area contributed by atoms with Gasteiger partial charge in [-0.2, -0.15) is 13.2 Å². The largest absolute Gasteiger partial charge is 0.416 e. The van der Waals surface area contributed by atoms with Crippen molar-refractivity contribution in [3.8, 4) is 0 Å². The van der Waals surface area contributed by atoms with E-state index in [1.807, 2.05) is 10.3 Å². The number of thiazole rings is 1. The molecule has 0 saturated carbocycles. The molecule has 2 N–H and O–H groups in total. The average molecular weight is 387 g/mol. The quantitative estimate of drug-likeness (QED) is 0.500. The molecule has 2 heterocycles. The highest BCUT2D eigenvalue weighted by molar-refractivity contribution is 7.13. The van der Waals surface area contributed by atoms with Crippen molar-refractivity contribution in [2.45, 2.75) is 12.7 Å². The van der Waals surface area contributed by atoms with Crippen LogP contribution in [0.3, 0.4) is 0 Å². The van der Waals surface area contributed by atoms with Gasteiger partial charge in [-0.1, -0.05) is 6.07 Å². The second-order valence-electron chi connectivity index (χ2n) is 5.76. The van der Waals surface area contributed by atoms with E-state index in [1.54, 1.807) is 17.5 Å². The number of halogens is 4. The van der Waals surface area contributed by atoms with Gasteiger partial charge in [-0.3, -0.25) is 0 Å². The lowest BCUT2D eigenvalue weighted by molar-refractivity contribution is -0.138. The number of aliphatic imine (C=N–C) groups is 1. The van der Waals surface area contributed by atoms with E-state index in [9.17, 15) is 17.6 Å². The summed E-state index contributed by atoms with van der Waals surface area (Å²) in [6, 6.07) is 2.56. The third kappa shape index (κ3) is 4.24. The summed E-state index contributed by atoms with van der Waals surface area (Å²) in [5.74, 6) is -0.752. The summed E-state index contributed by atoms with van der Waals surface area (Å²) in [5, 5.41) is 2.83. The van der Waals surface area contributed by atoms with Crippen LogP contribution >= 0.6 is 11.3 Å². The van der Waals surface area contributed by atoms with Crippen molar-refractivity contribution in [3.63, 3.8) is 0 Å². The Balaban J connectivity index is 1.65. The molecule has 5 nitrogen and oxygen atoms in total. The molecule has 1 saturated heterocycles. The van der Waals surface area contributed by atoms with Crippen LogP contribution in [0, 0.1) is 5.82 Å². The van der Waals surface area contributed by atoms with Crippen LogP contribution in [-0.4, -0.2) is 42.0 Å². The maximum atomic E-state index is 13.1. The van der Waals surface area contributed by atoms with Gasteiger partial charge in [0.25, 0.3) is 0 Å². The van der Waals surface area contributed by atoms with E-state index in [2.05, 4.69) is 14.9 Å². The molecule has 0 amide bonds. The molecule has 0 unspecified atom stereocenters. The molecule has 0 radical (unpaired) electrons. The lowest BCUT2D eigenvalue weighted by atomic mass is 10.1. The fourth-order valence-electron chi connectivity index (χ4n) is 2.72. The highest BCUT2D eigenvalue weighted by Crippen LogP contribution is 2.32. The topological polar surface area (TPSA) is 57.8 Å². The second kappa shape index (κ2) is 7.48. The molecule has 1 aromatic heterocycles. The molecule has 3 rings (SSSR count). The van der Waals surface area contributed by atoms with Gasteiger partial charge in [0.1, 0.15) is 5.82 Å². The van der Waals surface area contributed by atoms with Crippen LogP contribution in [0.15, 0.2) is 34.8 Å². The number of rotatable bonds is 3. The van der Waals surface area contributed by atoms with Crippen LogP contribution in [0.5, 0.6) is 0 Å². The van der Waals surface area contributed by atoms with Crippen molar-refractivity contribution >= 4 is 22.4 Å². The fraction of sp³-hybridized carbons (Fsp3) is 0.375. The van der Waals surface area contributed by atoms with Gasteiger partial charge in [0.05, 0.1) is 12.1 Å². The van der Waals surface area contributed by atoms with E-state index in [0.717, 1.165) is 17.3 Å². The number of aromatic nitrogens is 1. The Morgan fingerprint density at radius 2 is 1.96 bits per heavy atom. The SMILES string of the molecule is NC(=NCc1ccc(F)cc1C(F)(F)F)N1CCN(c2nccs2)CC1. The van der Waals surface area contributed by atoms with Crippen molar-refractivity contribution < 1.29 is 17.6 Å². The second-order valence-corrected chi connectivity index (χ2v) is 6.64. The van der Waals surface area contributed by atoms with E-state index < -0.39 is 17.6 Å². The van der Waals surface area contributed by atoms with Gasteiger partial charge in [-0.25, -0.2) is 14.4 Å². The third-order valence-electron chi connectivity index (χ3n) is 4.08. The smallest absolute Gasteiger partial charge is 0.370 e. The van der Waals surface area contributed by atoms with Crippen LogP contribution in [0.2, 0.25) is 0 Å². The predicted molar refractivity (Wildman–Crippen MR) is 92.6 cm³/mol. The van der Waals surface area contributed by atoms with Gasteiger partial charge in [-0.15, -0.1) is 11.3 Å². The van der Waals surface area contributed by atoms with Crippen molar-refractivity contribution in [2.24, 2.45) is 10.7 Å². The van der Waals surface area contributed by atoms with Crippen molar-refractivity contribution in [3.05, 3.63) is 46.7 Å². The summed E-state index contributed by atoms with van der Waals surface area (Å²) in [6.45, 7) is 2.35. The highest BCUT2D eigenvalue weighted by Gasteiger charge is 2.33. The minimum absolute atomic E-state index is 0.108. The highest BCUT2D eigenvalue weighted by atomic mass is 32.1. The van der Waals surface area contributed by atoms with Gasteiger partial charge in [0.2, 0.25) is 0 Å². The Hall–Kier alpha value is -2.36. The average Bonchev–Trinajstić information content (AvgIpc) is 3.14. The number of anilines is 1. The van der Waals surface area contributed by atoms with E-state index in [1.165, 1.54) is 0 Å². The number of nitrogens with zero attached hydrogens (tertiary/aromatic N) is 4. The Morgan fingerprint density at radius 1 is 1.23 bits per heavy atom. The summed E-state index contributed by atoms with van der Waals surface area (Å²) < 4.78 is 52.2. The first kappa shape index (κ1) is 18.4. The number of hydrogen-bond donors (Lipinski definition) is 1. The minimum Gasteiger partial charge on any atom is -0.370 e. The standard InChI is InChI=1S/C16H17F4N5S/c17-12-2-1-11(13(9-12)16(18,19)20)10-23-14(21)24-4-6-25(7-5-24)15-22-3-8-26-15/h1-3,8-9H,4-7,10H2,(H2,21,23). The Labute approximate surface area is 151 Å². The molecule has 1 aromatic carbocycles. The fourth-order valence-corrected chi connectivity index (χ4v) is 3.41. The van der Waals surface area contributed by atoms with Crippen molar-refractivity contribution in [1.29, 1.82) is 0 Å². The number of nitrogens with two attached hydrogens (primary N) is 1. The maximum absolute atomic E-state index is 13.1. The van der Waals surface area contributed by atoms with Crippen LogP contribution in [0.1, 0.15) is 11.1 Å². The van der Waals surface area contributed by atoms with E-state index >= 15 is 0 Å². The molecule has 2 aromatic rings. The molecule has 0 atom stereocenters. The summed E-state index contributed by atoms with van der Waals surface area (Å²) >= 11 is 1.55. The molecule has 0 bridgehead atoms. The molecule has 1 aliphatic rings. The number of piperazine rings is 1. The van der Waals surface area contributed by atoms with Gasteiger partial charge >= 0.3 is 6.18 Å². The maximum Gasteiger partial charge on any atom is 0.416 e. The number of alkyl halides is 3. The van der Waals surface area contributed by atoms with Gasteiger partial charge in [0, 0.05) is 37.8 Å². The normalized spacial score (nSPS) is 16.2. The number of benzene rings is 1. The first-order valence-corrected chi connectivity index (χ1v) is 8.77. The van der Waals surface area contributed by atoms with Crippen LogP contribution in [0.4, 0.5) is 22.7 Å². The van der Waals surface area contributed by atoms with Gasteiger partial charge < -0.3 is 15.5 Å².